The number of nitrogens with two attached hydrogens (primary N) is 1. The molecule has 2 aromatic carbocycles. The van der Waals surface area contributed by atoms with Gasteiger partial charge < -0.3 is 21.3 Å². The van der Waals surface area contributed by atoms with Crippen molar-refractivity contribution in [2.24, 2.45) is 5.73 Å². The number of carbonyl (C=O) groups excluding carboxylic acids is 3. The number of nitrogens with zero attached hydrogens (tertiary/aromatic N) is 1. The maximum absolute atomic E-state index is 12.9. The summed E-state index contributed by atoms with van der Waals surface area (Å²) in [5.41, 5.74) is 7.89. The summed E-state index contributed by atoms with van der Waals surface area (Å²) < 4.78 is 0. The lowest BCUT2D eigenvalue weighted by Crippen LogP contribution is -2.40. The number of carbonyl (C=O) groups is 3. The van der Waals surface area contributed by atoms with Gasteiger partial charge in [0.15, 0.2) is 0 Å². The van der Waals surface area contributed by atoms with Crippen molar-refractivity contribution in [2.45, 2.75) is 57.2 Å². The number of hydrogen-bond donors (Lipinski definition) is 3. The van der Waals surface area contributed by atoms with Gasteiger partial charge in [-0.3, -0.25) is 14.4 Å². The summed E-state index contributed by atoms with van der Waals surface area (Å²) in [4.78, 5) is 39.9. The highest BCUT2D eigenvalue weighted by atomic mass is 35.5. The molecule has 0 saturated heterocycles. The molecule has 2 aliphatic rings. The Bertz CT molecular complexity index is 1100. The molecule has 33 heavy (non-hydrogen) atoms. The summed E-state index contributed by atoms with van der Waals surface area (Å²) in [5.74, 6) is -0.752. The van der Waals surface area contributed by atoms with Gasteiger partial charge in [0.1, 0.15) is 0 Å². The fourth-order valence-electron chi connectivity index (χ4n) is 4.57. The third-order valence-corrected chi connectivity index (χ3v) is 6.81. The van der Waals surface area contributed by atoms with E-state index in [9.17, 15) is 14.4 Å². The fraction of sp³-hybridized carbons (Fsp3) is 0.375. The van der Waals surface area contributed by atoms with Crippen LogP contribution in [-0.4, -0.2) is 29.8 Å². The van der Waals surface area contributed by atoms with E-state index >= 15 is 0 Å². The molecule has 1 unspecified atom stereocenters. The lowest BCUT2D eigenvalue weighted by molar-refractivity contribution is -0.118. The van der Waals surface area contributed by atoms with Gasteiger partial charge in [0.25, 0.3) is 5.91 Å². The monoisotopic (exact) mass is 488 g/mol. The van der Waals surface area contributed by atoms with E-state index in [1.165, 1.54) is 11.8 Å². The lowest BCUT2D eigenvalue weighted by atomic mass is 9.91. The molecule has 7 nitrogen and oxygen atoms in total. The van der Waals surface area contributed by atoms with Crippen molar-refractivity contribution in [3.63, 3.8) is 0 Å². The van der Waals surface area contributed by atoms with E-state index in [0.29, 0.717) is 32.5 Å². The average molecular weight is 489 g/mol. The van der Waals surface area contributed by atoms with Crippen LogP contribution in [0.2, 0.25) is 10.0 Å². The minimum atomic E-state index is -0.611. The van der Waals surface area contributed by atoms with Crippen LogP contribution in [0.5, 0.6) is 0 Å². The van der Waals surface area contributed by atoms with Crippen LogP contribution in [0, 0.1) is 0 Å². The molecule has 3 amide bonds. The summed E-state index contributed by atoms with van der Waals surface area (Å²) in [7, 11) is 0. The van der Waals surface area contributed by atoms with E-state index in [2.05, 4.69) is 10.6 Å². The number of nitrogens with one attached hydrogen (secondary N) is 2. The highest BCUT2D eigenvalue weighted by Gasteiger charge is 2.33. The summed E-state index contributed by atoms with van der Waals surface area (Å²) >= 11 is 12.4. The minimum absolute atomic E-state index is 0.0134. The molecule has 174 valence electrons. The van der Waals surface area contributed by atoms with E-state index in [4.69, 9.17) is 28.9 Å². The Labute approximate surface area is 202 Å². The summed E-state index contributed by atoms with van der Waals surface area (Å²) in [5, 5.41) is 6.74. The van der Waals surface area contributed by atoms with Crippen LogP contribution >= 0.6 is 23.2 Å². The van der Waals surface area contributed by atoms with Crippen molar-refractivity contribution in [3.8, 4) is 0 Å². The maximum atomic E-state index is 12.9. The molecule has 1 aliphatic heterocycles. The summed E-state index contributed by atoms with van der Waals surface area (Å²) in [6.07, 6.45) is 3.47. The number of fused-ring (bicyclic) bond motifs is 1. The average Bonchev–Trinajstić information content (AvgIpc) is 2.90. The van der Waals surface area contributed by atoms with Crippen LogP contribution in [0.25, 0.3) is 0 Å². The van der Waals surface area contributed by atoms with E-state index in [0.717, 1.165) is 25.7 Å². The topological polar surface area (TPSA) is 105 Å². The largest absolute Gasteiger partial charge is 0.349 e. The van der Waals surface area contributed by atoms with Gasteiger partial charge in [0.05, 0.1) is 23.8 Å². The van der Waals surface area contributed by atoms with Crippen LogP contribution in [-0.2, 0) is 9.59 Å². The second kappa shape index (κ2) is 9.71. The van der Waals surface area contributed by atoms with E-state index in [-0.39, 0.29) is 36.2 Å². The van der Waals surface area contributed by atoms with E-state index < -0.39 is 6.04 Å². The van der Waals surface area contributed by atoms with Gasteiger partial charge in [-0.25, -0.2) is 0 Å². The van der Waals surface area contributed by atoms with Gasteiger partial charge in [-0.15, -0.1) is 0 Å². The Morgan fingerprint density at radius 1 is 1.09 bits per heavy atom. The SMILES string of the molecule is CC(=O)N1c2ccc(C(=O)NC3CCC(N)CC3)cc2NC(=O)CC1c1ccc(Cl)cc1Cl. The first-order valence-electron chi connectivity index (χ1n) is 11.0. The number of rotatable bonds is 3. The predicted molar refractivity (Wildman–Crippen MR) is 130 cm³/mol. The van der Waals surface area contributed by atoms with Crippen LogP contribution in [0.3, 0.4) is 0 Å². The lowest BCUT2D eigenvalue weighted by Gasteiger charge is -2.30. The van der Waals surface area contributed by atoms with Gasteiger partial charge in [0, 0.05) is 34.6 Å². The first-order valence-corrected chi connectivity index (χ1v) is 11.7. The Balaban J connectivity index is 1.65. The van der Waals surface area contributed by atoms with Gasteiger partial charge in [-0.1, -0.05) is 29.3 Å². The molecule has 1 aliphatic carbocycles. The van der Waals surface area contributed by atoms with Gasteiger partial charge in [-0.05, 0) is 61.6 Å². The Hall–Kier alpha value is -2.61. The quantitative estimate of drug-likeness (QED) is 0.593. The molecule has 0 aromatic heterocycles. The smallest absolute Gasteiger partial charge is 0.251 e. The van der Waals surface area contributed by atoms with E-state index in [1.807, 2.05) is 0 Å². The van der Waals surface area contributed by atoms with Gasteiger partial charge >= 0.3 is 0 Å². The summed E-state index contributed by atoms with van der Waals surface area (Å²) in [6, 6.07) is 9.61. The summed E-state index contributed by atoms with van der Waals surface area (Å²) in [6.45, 7) is 1.44. The van der Waals surface area contributed by atoms with Crippen molar-refractivity contribution in [2.75, 3.05) is 10.2 Å². The zero-order valence-electron chi connectivity index (χ0n) is 18.2. The minimum Gasteiger partial charge on any atom is -0.349 e. The maximum Gasteiger partial charge on any atom is 0.251 e. The first-order chi connectivity index (χ1) is 15.7. The molecular formula is C24H26Cl2N4O3. The third kappa shape index (κ3) is 5.16. The molecule has 1 heterocycles. The molecule has 1 saturated carbocycles. The van der Waals surface area contributed by atoms with Crippen LogP contribution in [0.4, 0.5) is 11.4 Å². The van der Waals surface area contributed by atoms with Gasteiger partial charge in [-0.2, -0.15) is 0 Å². The standard InChI is InChI=1S/C24H26Cl2N4O3/c1-13(31)30-21-9-2-14(24(33)28-17-6-4-16(27)5-7-17)10-20(21)29-23(32)12-22(30)18-8-3-15(25)11-19(18)26/h2-3,8-11,16-17,22H,4-7,12,27H2,1H3,(H,28,33)(H,29,32). The molecular weight excluding hydrogens is 463 g/mol. The Morgan fingerprint density at radius 2 is 1.82 bits per heavy atom. The molecule has 2 aromatic rings. The zero-order chi connectivity index (χ0) is 23.7. The number of benzene rings is 2. The number of halogens is 2. The number of anilines is 2. The Kier molecular flexibility index (Phi) is 6.93. The van der Waals surface area contributed by atoms with Crippen molar-refractivity contribution in [1.82, 2.24) is 5.32 Å². The molecule has 0 radical (unpaired) electrons. The zero-order valence-corrected chi connectivity index (χ0v) is 19.7. The second-order valence-electron chi connectivity index (χ2n) is 8.64. The highest BCUT2D eigenvalue weighted by Crippen LogP contribution is 2.41. The van der Waals surface area contributed by atoms with Crippen LogP contribution in [0.15, 0.2) is 36.4 Å². The van der Waals surface area contributed by atoms with E-state index in [1.54, 1.807) is 36.4 Å². The van der Waals surface area contributed by atoms with Crippen molar-refractivity contribution >= 4 is 52.3 Å². The number of amides is 3. The first kappa shape index (κ1) is 23.5. The molecule has 1 fully saturated rings. The molecule has 4 rings (SSSR count). The third-order valence-electron chi connectivity index (χ3n) is 6.25. The molecule has 0 bridgehead atoms. The van der Waals surface area contributed by atoms with Crippen molar-refractivity contribution in [3.05, 3.63) is 57.6 Å². The number of hydrogen-bond acceptors (Lipinski definition) is 4. The molecule has 1 atom stereocenters. The normalized spacial score (nSPS) is 22.7. The van der Waals surface area contributed by atoms with Crippen molar-refractivity contribution < 1.29 is 14.4 Å². The Morgan fingerprint density at radius 3 is 2.48 bits per heavy atom. The molecule has 4 N–H and O–H groups in total. The highest BCUT2D eigenvalue weighted by molar-refractivity contribution is 6.35. The fourth-order valence-corrected chi connectivity index (χ4v) is 5.10. The predicted octanol–water partition coefficient (Wildman–Crippen LogP) is 4.43. The molecule has 9 heteroatoms. The van der Waals surface area contributed by atoms with Crippen molar-refractivity contribution in [1.29, 1.82) is 0 Å². The second-order valence-corrected chi connectivity index (χ2v) is 9.48. The van der Waals surface area contributed by atoms with Gasteiger partial charge in [0.2, 0.25) is 11.8 Å². The molecule has 0 spiro atoms. The van der Waals surface area contributed by atoms with Crippen LogP contribution in [0.1, 0.15) is 61.0 Å². The van der Waals surface area contributed by atoms with Crippen LogP contribution < -0.4 is 21.3 Å².